The second kappa shape index (κ2) is 42.2. The summed E-state index contributed by atoms with van der Waals surface area (Å²) in [6.07, 6.45) is 5.90. The first-order valence-corrected chi connectivity index (χ1v) is 35.7. The monoisotopic (exact) mass is 1470 g/mol. The van der Waals surface area contributed by atoms with Crippen molar-refractivity contribution < 1.29 is 133 Å². The lowest BCUT2D eigenvalue weighted by atomic mass is 9.43. The molecule has 0 aromatic rings. The maximum atomic E-state index is 14.3. The van der Waals surface area contributed by atoms with Gasteiger partial charge >= 0.3 is 71.8 Å². The van der Waals surface area contributed by atoms with Crippen LogP contribution in [0.15, 0.2) is 0 Å². The lowest BCUT2D eigenvalue weighted by Crippen LogP contribution is -2.59. The number of aliphatic hydroxyl groups is 1. The smallest absolute Gasteiger partial charge is 0.410 e. The quantitative estimate of drug-likeness (QED) is 0.0292. The number of carboxylic acids is 11. The number of fused-ring (bicyclic) bond motifs is 5. The highest BCUT2D eigenvalue weighted by atomic mass is 16.6. The fourth-order valence-electron chi connectivity index (χ4n) is 17.1. The van der Waals surface area contributed by atoms with Crippen LogP contribution < -0.4 is 10.6 Å². The maximum absolute atomic E-state index is 14.3. The topological polar surface area (TPSA) is 522 Å². The molecule has 0 radical (unpaired) electrons. The number of ether oxygens (including phenoxy) is 3. The van der Waals surface area contributed by atoms with E-state index in [4.69, 9.17) is 14.2 Å². The zero-order chi connectivity index (χ0) is 76.3. The highest BCUT2D eigenvalue weighted by molar-refractivity contribution is 5.76. The predicted octanol–water partition coefficient (Wildman–Crippen LogP) is 0.538. The fraction of sp³-hybridized carbons (Fsp3) is 0.821. The number of carbonyl (C=O) groups excluding carboxylic acids is 1. The van der Waals surface area contributed by atoms with Crippen LogP contribution >= 0.6 is 0 Å². The standard InChI is InChI=1S/C67H111N9O27/c1-42(10-15-54(78)79)46-13-14-47-45-12-11-43-28-44(16-17-66(43,2)48(45)29-53(77)67(46,47)3)103-65(100)76-30-51(101-40-68-18-6-4-8-49(63(96)97)74(24-20-70(32-55(80)81)33-56(82)83)25-21-71(34-57(84)85)35-58(86)87)52(31-76)102-41-69-19-7-5-9-50(64(98)99)75(26-22-72(36-59(88)89)37-60(90)91)27-23-73(38-61(92)93)39-62(94)95/h42-53,68-69,77H,4-41H2,1-3H3,(H,78,79)(H,80,81)(H,82,83)(H,84,85)(H,86,87)(H,88,89)(H,90,91)(H,92,93)(H,94,95)(H,96,97)(H,98,99)/t42?,43-,44-,45?,46-,47?,48?,49+,50+,51?,52?,53?,66+,67-/m1/s1. The van der Waals surface area contributed by atoms with Crippen molar-refractivity contribution in [3.63, 3.8) is 0 Å². The van der Waals surface area contributed by atoms with E-state index < -0.39 is 155 Å². The predicted molar refractivity (Wildman–Crippen MR) is 361 cm³/mol. The first-order valence-electron chi connectivity index (χ1n) is 35.7. The summed E-state index contributed by atoms with van der Waals surface area (Å²) in [5, 5.41) is 124. The molecule has 4 saturated carbocycles. The first-order chi connectivity index (χ1) is 48.6. The Balaban J connectivity index is 1.23. The molecule has 4 aliphatic carbocycles. The third-order valence-corrected chi connectivity index (χ3v) is 22.1. The number of hydrogen-bond donors (Lipinski definition) is 14. The number of carboxylic acid groups (broad SMARTS) is 11. The van der Waals surface area contributed by atoms with Gasteiger partial charge in [0.1, 0.15) is 30.4 Å². The average molecular weight is 1470 g/mol. The van der Waals surface area contributed by atoms with Crippen LogP contribution in [-0.2, 0) is 67.0 Å². The lowest BCUT2D eigenvalue weighted by molar-refractivity contribution is -0.175. The lowest BCUT2D eigenvalue weighted by Gasteiger charge is -2.62. The molecule has 1 heterocycles. The molecule has 1 saturated heterocycles. The Bertz CT molecular complexity index is 2580. The first kappa shape index (κ1) is 86.6. The van der Waals surface area contributed by atoms with E-state index in [0.717, 1.165) is 51.7 Å². The van der Waals surface area contributed by atoms with Gasteiger partial charge in [0, 0.05) is 58.8 Å². The molecule has 586 valence electrons. The van der Waals surface area contributed by atoms with Crippen molar-refractivity contribution in [3.05, 3.63) is 0 Å². The second-order valence-electron chi connectivity index (χ2n) is 29.0. The number of carbonyl (C=O) groups is 12. The van der Waals surface area contributed by atoms with Crippen molar-refractivity contribution in [2.24, 2.45) is 46.3 Å². The minimum absolute atomic E-state index is 0.0228. The van der Waals surface area contributed by atoms with Gasteiger partial charge in [0.2, 0.25) is 0 Å². The molecule has 5 rings (SSSR count). The number of unbranched alkanes of at least 4 members (excludes halogenated alkanes) is 2. The molecule has 36 nitrogen and oxygen atoms in total. The number of aliphatic carboxylic acids is 11. The molecule has 5 aliphatic rings. The van der Waals surface area contributed by atoms with Gasteiger partial charge in [-0.05, 0) is 143 Å². The summed E-state index contributed by atoms with van der Waals surface area (Å²) in [5.74, 6) is -12.3. The third kappa shape index (κ3) is 27.8. The van der Waals surface area contributed by atoms with Crippen LogP contribution in [0.1, 0.15) is 124 Å². The van der Waals surface area contributed by atoms with E-state index in [-0.39, 0.29) is 139 Å². The molecule has 14 N–H and O–H groups in total. The van der Waals surface area contributed by atoms with Crippen molar-refractivity contribution in [2.75, 3.05) is 144 Å². The highest BCUT2D eigenvalue weighted by Gasteiger charge is 2.64. The molecular formula is C67H111N9O27. The SMILES string of the molecule is CC(CCC(=O)O)[C@H]1CCC2C3CC[C@@H]4C[C@H](OC(=O)N5CC(OCNCCCC[C@@H](C(=O)O)N(CCN(CC(=O)O)CC(=O)O)CCN(CC(=O)O)CC(=O)O)C(OCNCCCC[C@@H](C(=O)O)N(CCN(CC(=O)O)CC(=O)O)CCN(CC(=O)O)CC(=O)O)C5)CC[C@]4(C)C3CC(O)[C@@]21C. The molecule has 5 fully saturated rings. The third-order valence-electron chi connectivity index (χ3n) is 22.1. The van der Waals surface area contributed by atoms with Crippen molar-refractivity contribution in [3.8, 4) is 0 Å². The Morgan fingerprint density at radius 2 is 0.874 bits per heavy atom. The zero-order valence-corrected chi connectivity index (χ0v) is 59.4. The van der Waals surface area contributed by atoms with Crippen molar-refractivity contribution >= 4 is 71.8 Å². The number of rotatable bonds is 53. The molecule has 14 atom stereocenters. The van der Waals surface area contributed by atoms with Crippen LogP contribution in [0.3, 0.4) is 0 Å². The largest absolute Gasteiger partial charge is 0.481 e. The molecule has 0 spiro atoms. The van der Waals surface area contributed by atoms with E-state index in [1.807, 2.05) is 0 Å². The van der Waals surface area contributed by atoms with Gasteiger partial charge in [0.15, 0.2) is 0 Å². The van der Waals surface area contributed by atoms with Gasteiger partial charge in [-0.3, -0.25) is 92.8 Å². The highest BCUT2D eigenvalue weighted by Crippen LogP contribution is 2.68. The van der Waals surface area contributed by atoms with Gasteiger partial charge in [-0.1, -0.05) is 33.6 Å². The van der Waals surface area contributed by atoms with Gasteiger partial charge < -0.3 is 80.4 Å². The van der Waals surface area contributed by atoms with Gasteiger partial charge in [0.25, 0.3) is 0 Å². The fourth-order valence-corrected chi connectivity index (χ4v) is 17.1. The molecule has 0 aromatic carbocycles. The molecular weight excluding hydrogens is 1360 g/mol. The molecule has 0 bridgehead atoms. The number of aliphatic hydroxyl groups excluding tert-OH is 1. The van der Waals surface area contributed by atoms with Crippen LogP contribution in [0.2, 0.25) is 0 Å². The molecule has 1 amide bonds. The normalized spacial score (nSPS) is 25.5. The second-order valence-corrected chi connectivity index (χ2v) is 29.0. The van der Waals surface area contributed by atoms with E-state index in [2.05, 4.69) is 31.4 Å². The zero-order valence-electron chi connectivity index (χ0n) is 59.4. The van der Waals surface area contributed by atoms with Crippen molar-refractivity contribution in [2.45, 2.75) is 160 Å². The summed E-state index contributed by atoms with van der Waals surface area (Å²) in [7, 11) is 0. The van der Waals surface area contributed by atoms with Crippen LogP contribution in [0, 0.1) is 46.3 Å². The van der Waals surface area contributed by atoms with Crippen LogP contribution in [-0.4, -0.2) is 348 Å². The number of amides is 1. The number of hydrogen-bond acceptors (Lipinski definition) is 24. The van der Waals surface area contributed by atoms with Crippen LogP contribution in [0.5, 0.6) is 0 Å². The van der Waals surface area contributed by atoms with Gasteiger partial charge in [-0.25, -0.2) is 4.79 Å². The van der Waals surface area contributed by atoms with Crippen molar-refractivity contribution in [1.82, 2.24) is 44.9 Å². The Hall–Kier alpha value is -7.00. The van der Waals surface area contributed by atoms with Gasteiger partial charge in [0.05, 0.1) is 85.0 Å². The summed E-state index contributed by atoms with van der Waals surface area (Å²) in [6, 6.07) is -2.48. The summed E-state index contributed by atoms with van der Waals surface area (Å²) in [5.41, 5.74) is -0.389. The molecule has 0 aromatic heterocycles. The van der Waals surface area contributed by atoms with E-state index >= 15 is 0 Å². The number of nitrogens with one attached hydrogen (secondary N) is 2. The summed E-state index contributed by atoms with van der Waals surface area (Å²) >= 11 is 0. The summed E-state index contributed by atoms with van der Waals surface area (Å²) < 4.78 is 19.0. The molecule has 103 heavy (non-hydrogen) atoms. The van der Waals surface area contributed by atoms with Crippen molar-refractivity contribution in [1.29, 1.82) is 0 Å². The van der Waals surface area contributed by atoms with Crippen LogP contribution in [0.4, 0.5) is 4.79 Å². The Morgan fingerprint density at radius 3 is 1.24 bits per heavy atom. The molecule has 1 aliphatic heterocycles. The van der Waals surface area contributed by atoms with Gasteiger partial charge in [-0.2, -0.15) is 0 Å². The summed E-state index contributed by atoms with van der Waals surface area (Å²) in [4.78, 5) is 153. The number of nitrogens with zero attached hydrogens (tertiary/aromatic N) is 7. The maximum Gasteiger partial charge on any atom is 0.410 e. The Morgan fingerprint density at radius 1 is 0.476 bits per heavy atom. The number of likely N-dealkylation sites (tertiary alicyclic amines) is 1. The van der Waals surface area contributed by atoms with E-state index in [1.54, 1.807) is 0 Å². The van der Waals surface area contributed by atoms with Gasteiger partial charge in [-0.15, -0.1) is 0 Å². The van der Waals surface area contributed by atoms with E-state index in [1.165, 1.54) is 14.7 Å². The Kier molecular flexibility index (Phi) is 35.5. The minimum atomic E-state index is -1.33. The average Bonchev–Trinajstić information content (AvgIpc) is 1.66. The van der Waals surface area contributed by atoms with Crippen LogP contribution in [0.25, 0.3) is 0 Å². The summed E-state index contributed by atoms with van der Waals surface area (Å²) in [6.45, 7) is 0.453. The van der Waals surface area contributed by atoms with E-state index in [0.29, 0.717) is 76.3 Å². The van der Waals surface area contributed by atoms with E-state index in [9.17, 15) is 119 Å². The molecule has 7 unspecified atom stereocenters. The minimum Gasteiger partial charge on any atom is -0.481 e. The Labute approximate surface area is 598 Å². The molecule has 36 heteroatoms.